The van der Waals surface area contributed by atoms with Crippen LogP contribution in [-0.4, -0.2) is 18.6 Å². The lowest BCUT2D eigenvalue weighted by molar-refractivity contribution is 0.0948. The van der Waals surface area contributed by atoms with Crippen molar-refractivity contribution in [1.82, 2.24) is 5.32 Å². The second-order valence-corrected chi connectivity index (χ2v) is 6.47. The lowest BCUT2D eigenvalue weighted by Crippen LogP contribution is -2.26. The number of carbonyl (C=O) groups excluding carboxylic acids is 1. The molecule has 1 amide bonds. The first-order chi connectivity index (χ1) is 11.0. The highest BCUT2D eigenvalue weighted by Gasteiger charge is 2.13. The van der Waals surface area contributed by atoms with Gasteiger partial charge in [-0.25, -0.2) is 0 Å². The lowest BCUT2D eigenvalue weighted by Gasteiger charge is -2.14. The van der Waals surface area contributed by atoms with Gasteiger partial charge in [-0.1, -0.05) is 28.1 Å². The Bertz CT molecular complexity index is 675. The van der Waals surface area contributed by atoms with Crippen molar-refractivity contribution in [3.8, 4) is 5.75 Å². The van der Waals surface area contributed by atoms with E-state index in [9.17, 15) is 4.79 Å². The van der Waals surface area contributed by atoms with Gasteiger partial charge in [-0.2, -0.15) is 0 Å². The second kappa shape index (κ2) is 9.55. The number of hydrogen-bond acceptors (Lipinski definition) is 3. The molecule has 130 valence electrons. The van der Waals surface area contributed by atoms with Crippen molar-refractivity contribution in [3.63, 3.8) is 0 Å². The summed E-state index contributed by atoms with van der Waals surface area (Å²) in [6, 6.07) is 13.1. The van der Waals surface area contributed by atoms with Gasteiger partial charge >= 0.3 is 0 Å². The fourth-order valence-electron chi connectivity index (χ4n) is 2.14. The summed E-state index contributed by atoms with van der Waals surface area (Å²) in [5.41, 5.74) is 8.07. The molecule has 0 radical (unpaired) electrons. The Labute approximate surface area is 157 Å². The zero-order valence-electron chi connectivity index (χ0n) is 13.7. The summed E-state index contributed by atoms with van der Waals surface area (Å²) < 4.78 is 6.60. The standard InChI is InChI=1S/C18H21BrN2O2.ClH/c1-12(2)23-17-11-14(19)5-8-16(17)18(22)21-10-9-13-3-6-15(20)7-4-13;/h3-8,11-12H,9-10,20H2,1-2H3,(H,21,22);1H. The lowest BCUT2D eigenvalue weighted by atomic mass is 10.1. The number of nitrogens with two attached hydrogens (primary N) is 1. The molecule has 4 nitrogen and oxygen atoms in total. The van der Waals surface area contributed by atoms with Crippen molar-refractivity contribution in [2.45, 2.75) is 26.4 Å². The van der Waals surface area contributed by atoms with Gasteiger partial charge in [0.05, 0.1) is 11.7 Å². The highest BCUT2D eigenvalue weighted by molar-refractivity contribution is 9.10. The maximum Gasteiger partial charge on any atom is 0.255 e. The Balaban J connectivity index is 0.00000288. The number of rotatable bonds is 6. The van der Waals surface area contributed by atoms with Crippen molar-refractivity contribution in [2.75, 3.05) is 12.3 Å². The van der Waals surface area contributed by atoms with Crippen LogP contribution < -0.4 is 15.8 Å². The molecular formula is C18H22BrClN2O2. The first-order valence-electron chi connectivity index (χ1n) is 7.54. The molecule has 0 aromatic heterocycles. The molecule has 0 aliphatic heterocycles. The number of ether oxygens (including phenoxy) is 1. The molecule has 0 heterocycles. The van der Waals surface area contributed by atoms with Gasteiger partial charge < -0.3 is 15.8 Å². The summed E-state index contributed by atoms with van der Waals surface area (Å²) in [6.45, 7) is 4.42. The Kier molecular flexibility index (Phi) is 8.08. The Morgan fingerprint density at radius 3 is 2.50 bits per heavy atom. The van der Waals surface area contributed by atoms with Crippen LogP contribution in [0.4, 0.5) is 5.69 Å². The van der Waals surface area contributed by atoms with Crippen molar-refractivity contribution in [2.24, 2.45) is 0 Å². The Hall–Kier alpha value is -1.72. The number of nitrogens with one attached hydrogen (secondary N) is 1. The van der Waals surface area contributed by atoms with E-state index in [2.05, 4.69) is 21.2 Å². The summed E-state index contributed by atoms with van der Waals surface area (Å²) in [6.07, 6.45) is 0.758. The van der Waals surface area contributed by atoms with Gasteiger partial charge in [0.2, 0.25) is 0 Å². The van der Waals surface area contributed by atoms with Crippen molar-refractivity contribution in [3.05, 3.63) is 58.1 Å². The topological polar surface area (TPSA) is 64.3 Å². The van der Waals surface area contributed by atoms with Crippen LogP contribution >= 0.6 is 28.3 Å². The fraction of sp³-hybridized carbons (Fsp3) is 0.278. The first-order valence-corrected chi connectivity index (χ1v) is 8.34. The van der Waals surface area contributed by atoms with E-state index in [4.69, 9.17) is 10.5 Å². The Morgan fingerprint density at radius 2 is 1.88 bits per heavy atom. The van der Waals surface area contributed by atoms with Crippen LogP contribution in [0.1, 0.15) is 29.8 Å². The maximum atomic E-state index is 12.4. The zero-order chi connectivity index (χ0) is 16.8. The molecule has 0 atom stereocenters. The molecule has 2 aromatic carbocycles. The molecule has 0 spiro atoms. The van der Waals surface area contributed by atoms with Crippen LogP contribution in [0.15, 0.2) is 46.9 Å². The predicted molar refractivity (Wildman–Crippen MR) is 104 cm³/mol. The van der Waals surface area contributed by atoms with Crippen molar-refractivity contribution in [1.29, 1.82) is 0 Å². The third kappa shape index (κ3) is 6.06. The number of benzene rings is 2. The summed E-state index contributed by atoms with van der Waals surface area (Å²) in [4.78, 5) is 12.4. The molecular weight excluding hydrogens is 392 g/mol. The number of carbonyl (C=O) groups is 1. The molecule has 0 saturated carbocycles. The van der Waals surface area contributed by atoms with Crippen LogP contribution in [0.25, 0.3) is 0 Å². The summed E-state index contributed by atoms with van der Waals surface area (Å²) >= 11 is 3.40. The van der Waals surface area contributed by atoms with E-state index < -0.39 is 0 Å². The Morgan fingerprint density at radius 1 is 1.21 bits per heavy atom. The number of halogens is 2. The molecule has 6 heteroatoms. The van der Waals surface area contributed by atoms with Crippen LogP contribution in [0.3, 0.4) is 0 Å². The van der Waals surface area contributed by atoms with E-state index in [0.717, 1.165) is 22.1 Å². The predicted octanol–water partition coefficient (Wildman–Crippen LogP) is 4.21. The molecule has 0 aliphatic rings. The fourth-order valence-corrected chi connectivity index (χ4v) is 2.48. The molecule has 24 heavy (non-hydrogen) atoms. The number of nitrogen functional groups attached to an aromatic ring is 1. The van der Waals surface area contributed by atoms with Gasteiger partial charge in [0.1, 0.15) is 5.75 Å². The maximum absolute atomic E-state index is 12.4. The van der Waals surface area contributed by atoms with E-state index in [1.807, 2.05) is 50.2 Å². The third-order valence-corrected chi connectivity index (χ3v) is 3.72. The SMILES string of the molecule is CC(C)Oc1cc(Br)ccc1C(=O)NCCc1ccc(N)cc1.Cl. The minimum absolute atomic E-state index is 0. The zero-order valence-corrected chi connectivity index (χ0v) is 16.1. The van der Waals surface area contributed by atoms with Gasteiger partial charge in [-0.3, -0.25) is 4.79 Å². The minimum Gasteiger partial charge on any atom is -0.490 e. The molecule has 2 rings (SSSR count). The summed E-state index contributed by atoms with van der Waals surface area (Å²) in [5, 5.41) is 2.93. The molecule has 0 unspecified atom stereocenters. The molecule has 0 saturated heterocycles. The number of amides is 1. The van der Waals surface area contributed by atoms with Crippen molar-refractivity contribution >= 4 is 39.9 Å². The van der Waals surface area contributed by atoms with E-state index in [0.29, 0.717) is 17.9 Å². The van der Waals surface area contributed by atoms with E-state index in [1.165, 1.54) is 0 Å². The molecule has 0 bridgehead atoms. The average Bonchev–Trinajstić information content (AvgIpc) is 2.48. The summed E-state index contributed by atoms with van der Waals surface area (Å²) in [7, 11) is 0. The quantitative estimate of drug-likeness (QED) is 0.697. The summed E-state index contributed by atoms with van der Waals surface area (Å²) in [5.74, 6) is 0.447. The third-order valence-electron chi connectivity index (χ3n) is 3.23. The van der Waals surface area contributed by atoms with E-state index >= 15 is 0 Å². The largest absolute Gasteiger partial charge is 0.490 e. The minimum atomic E-state index is -0.136. The highest BCUT2D eigenvalue weighted by atomic mass is 79.9. The first kappa shape index (κ1) is 20.3. The molecule has 3 N–H and O–H groups in total. The van der Waals surface area contributed by atoms with Gasteiger partial charge in [0.25, 0.3) is 5.91 Å². The average molecular weight is 414 g/mol. The highest BCUT2D eigenvalue weighted by Crippen LogP contribution is 2.24. The molecule has 0 fully saturated rings. The van der Waals surface area contributed by atoms with E-state index in [-0.39, 0.29) is 24.4 Å². The van der Waals surface area contributed by atoms with Gasteiger partial charge in [0.15, 0.2) is 0 Å². The smallest absolute Gasteiger partial charge is 0.255 e. The van der Waals surface area contributed by atoms with E-state index in [1.54, 1.807) is 6.07 Å². The van der Waals surface area contributed by atoms with Crippen LogP contribution in [-0.2, 0) is 6.42 Å². The van der Waals surface area contributed by atoms with Gasteiger partial charge in [-0.15, -0.1) is 12.4 Å². The monoisotopic (exact) mass is 412 g/mol. The van der Waals surface area contributed by atoms with Crippen LogP contribution in [0.5, 0.6) is 5.75 Å². The number of anilines is 1. The van der Waals surface area contributed by atoms with Crippen molar-refractivity contribution < 1.29 is 9.53 Å². The van der Waals surface area contributed by atoms with Crippen LogP contribution in [0, 0.1) is 0 Å². The van der Waals surface area contributed by atoms with Gasteiger partial charge in [-0.05, 0) is 56.2 Å². The normalized spacial score (nSPS) is 10.2. The second-order valence-electron chi connectivity index (χ2n) is 5.55. The molecule has 0 aliphatic carbocycles. The van der Waals surface area contributed by atoms with Gasteiger partial charge in [0, 0.05) is 16.7 Å². The number of hydrogen-bond donors (Lipinski definition) is 2. The van der Waals surface area contributed by atoms with Crippen LogP contribution in [0.2, 0.25) is 0 Å². The molecule has 2 aromatic rings.